The van der Waals surface area contributed by atoms with E-state index < -0.39 is 57.6 Å². The summed E-state index contributed by atoms with van der Waals surface area (Å²) in [5.41, 5.74) is -0.579. The van der Waals surface area contributed by atoms with Crippen molar-refractivity contribution in [1.29, 1.82) is 0 Å². The van der Waals surface area contributed by atoms with E-state index in [4.69, 9.17) is 4.74 Å². The third-order valence-corrected chi connectivity index (χ3v) is 9.19. The molecule has 4 rings (SSSR count). The summed E-state index contributed by atoms with van der Waals surface area (Å²) in [5, 5.41) is 14.8. The highest BCUT2D eigenvalue weighted by Crippen LogP contribution is 2.32. The Morgan fingerprint density at radius 3 is 2.27 bits per heavy atom. The molecule has 242 valence electrons. The van der Waals surface area contributed by atoms with Crippen molar-refractivity contribution >= 4 is 33.3 Å². The molecular formula is C30H32F4N4O6S. The van der Waals surface area contributed by atoms with Crippen molar-refractivity contribution in [3.63, 3.8) is 0 Å². The number of halogens is 4. The number of hydrogen-bond acceptors (Lipinski definition) is 6. The van der Waals surface area contributed by atoms with Gasteiger partial charge in [-0.2, -0.15) is 17.5 Å². The monoisotopic (exact) mass is 652 g/mol. The maximum absolute atomic E-state index is 13.7. The zero-order valence-corrected chi connectivity index (χ0v) is 25.3. The topological polar surface area (TPSA) is 128 Å². The van der Waals surface area contributed by atoms with Gasteiger partial charge in [-0.1, -0.05) is 6.92 Å². The first-order chi connectivity index (χ1) is 21.1. The van der Waals surface area contributed by atoms with Gasteiger partial charge in [0, 0.05) is 30.9 Å². The SMILES string of the molecule is C[C@@H]1CN([C@H](C)CO)C(=O)c2cc(NC(=O)Nc3ccc(C(F)(F)F)cc3)ccc2O[C@@H]1CN(C)S(=O)(=O)c1ccc(F)cc1. The highest BCUT2D eigenvalue weighted by atomic mass is 32.2. The minimum atomic E-state index is -4.53. The van der Waals surface area contributed by atoms with Gasteiger partial charge in [0.25, 0.3) is 5.91 Å². The first-order valence-corrected chi connectivity index (χ1v) is 15.2. The Labute approximate surface area is 257 Å². The first kappa shape index (κ1) is 33.7. The Kier molecular flexibility index (Phi) is 10.0. The molecule has 1 heterocycles. The number of likely N-dealkylation sites (N-methyl/N-ethyl adjacent to an activating group) is 1. The second-order valence-corrected chi connectivity index (χ2v) is 12.8. The molecule has 0 radical (unpaired) electrons. The van der Waals surface area contributed by atoms with Crippen LogP contribution < -0.4 is 15.4 Å². The molecule has 3 N–H and O–H groups in total. The molecule has 10 nitrogen and oxygen atoms in total. The van der Waals surface area contributed by atoms with Crippen LogP contribution in [0, 0.1) is 11.7 Å². The smallest absolute Gasteiger partial charge is 0.416 e. The molecule has 45 heavy (non-hydrogen) atoms. The number of urea groups is 1. The van der Waals surface area contributed by atoms with Gasteiger partial charge < -0.3 is 25.4 Å². The van der Waals surface area contributed by atoms with E-state index in [1.807, 2.05) is 0 Å². The van der Waals surface area contributed by atoms with Crippen molar-refractivity contribution in [2.75, 3.05) is 37.4 Å². The molecule has 0 bridgehead atoms. The van der Waals surface area contributed by atoms with Crippen LogP contribution in [0.4, 0.5) is 33.7 Å². The normalized spacial score (nSPS) is 18.0. The Hall–Kier alpha value is -4.21. The minimum Gasteiger partial charge on any atom is -0.488 e. The molecule has 3 aromatic rings. The molecule has 3 amide bonds. The van der Waals surface area contributed by atoms with E-state index in [9.17, 15) is 40.7 Å². The van der Waals surface area contributed by atoms with E-state index in [2.05, 4.69) is 10.6 Å². The van der Waals surface area contributed by atoms with Crippen LogP contribution in [0.25, 0.3) is 0 Å². The molecule has 3 atom stereocenters. The van der Waals surface area contributed by atoms with Crippen LogP contribution in [0.5, 0.6) is 5.75 Å². The van der Waals surface area contributed by atoms with Crippen molar-refractivity contribution in [1.82, 2.24) is 9.21 Å². The Morgan fingerprint density at radius 1 is 1.07 bits per heavy atom. The lowest BCUT2D eigenvalue weighted by Gasteiger charge is -2.38. The third kappa shape index (κ3) is 7.90. The van der Waals surface area contributed by atoms with Crippen LogP contribution in [0.1, 0.15) is 29.8 Å². The predicted octanol–water partition coefficient (Wildman–Crippen LogP) is 5.03. The van der Waals surface area contributed by atoms with Gasteiger partial charge >= 0.3 is 12.2 Å². The summed E-state index contributed by atoms with van der Waals surface area (Å²) in [7, 11) is -2.66. The van der Waals surface area contributed by atoms with Crippen molar-refractivity contribution < 1.29 is 45.4 Å². The van der Waals surface area contributed by atoms with Crippen molar-refractivity contribution in [2.24, 2.45) is 5.92 Å². The molecule has 0 aromatic heterocycles. The van der Waals surface area contributed by atoms with Gasteiger partial charge in [0.05, 0.1) is 35.2 Å². The number of ether oxygens (including phenoxy) is 1. The summed E-state index contributed by atoms with van der Waals surface area (Å²) in [5.74, 6) is -1.39. The van der Waals surface area contributed by atoms with Gasteiger partial charge in [0.1, 0.15) is 17.7 Å². The molecule has 0 unspecified atom stereocenters. The van der Waals surface area contributed by atoms with E-state index in [1.54, 1.807) is 13.8 Å². The molecular weight excluding hydrogens is 620 g/mol. The van der Waals surface area contributed by atoms with E-state index in [1.165, 1.54) is 30.1 Å². The van der Waals surface area contributed by atoms with Crippen LogP contribution >= 0.6 is 0 Å². The lowest BCUT2D eigenvalue weighted by Crippen LogP contribution is -2.50. The van der Waals surface area contributed by atoms with Crippen molar-refractivity contribution in [3.05, 3.63) is 83.7 Å². The Bertz CT molecular complexity index is 1640. The summed E-state index contributed by atoms with van der Waals surface area (Å²) in [6.45, 7) is 3.03. The fraction of sp³-hybridized carbons (Fsp3) is 0.333. The maximum atomic E-state index is 13.7. The van der Waals surface area contributed by atoms with Crippen molar-refractivity contribution in [3.8, 4) is 5.75 Å². The number of aliphatic hydroxyl groups excluding tert-OH is 1. The Balaban J connectivity index is 1.58. The van der Waals surface area contributed by atoms with Crippen LogP contribution in [0.3, 0.4) is 0 Å². The molecule has 0 saturated carbocycles. The fourth-order valence-electron chi connectivity index (χ4n) is 4.69. The fourth-order valence-corrected chi connectivity index (χ4v) is 5.88. The number of fused-ring (bicyclic) bond motifs is 1. The van der Waals surface area contributed by atoms with E-state index in [-0.39, 0.29) is 47.3 Å². The average Bonchev–Trinajstić information content (AvgIpc) is 2.98. The van der Waals surface area contributed by atoms with Gasteiger partial charge in [-0.15, -0.1) is 0 Å². The van der Waals surface area contributed by atoms with Crippen LogP contribution in [-0.2, 0) is 16.2 Å². The number of anilines is 2. The summed E-state index contributed by atoms with van der Waals surface area (Å²) >= 11 is 0. The van der Waals surface area contributed by atoms with Gasteiger partial charge in [-0.25, -0.2) is 17.6 Å². The summed E-state index contributed by atoms with van der Waals surface area (Å²) in [6.07, 6.45) is -5.30. The molecule has 1 aliphatic rings. The molecule has 0 fully saturated rings. The average molecular weight is 653 g/mol. The number of amides is 3. The quantitative estimate of drug-likeness (QED) is 0.293. The van der Waals surface area contributed by atoms with Crippen molar-refractivity contribution in [2.45, 2.75) is 37.1 Å². The van der Waals surface area contributed by atoms with Crippen LogP contribution in [-0.4, -0.2) is 73.6 Å². The maximum Gasteiger partial charge on any atom is 0.416 e. The lowest BCUT2D eigenvalue weighted by molar-refractivity contribution is -0.137. The van der Waals surface area contributed by atoms with Crippen LogP contribution in [0.2, 0.25) is 0 Å². The standard InChI is InChI=1S/C30H32F4N4O6S/c1-18-15-38(19(2)17-39)28(40)25-14-23(36-29(41)35-22-8-4-20(5-9-22)30(32,33)34)10-13-26(25)44-27(18)16-37(3)45(42,43)24-11-6-21(31)7-12-24/h4-14,18-19,27,39H,15-17H2,1-3H3,(H2,35,36,41)/t18-,19-,27-/m1/s1. The van der Waals surface area contributed by atoms with Gasteiger partial charge in [0.2, 0.25) is 10.0 Å². The molecule has 0 aliphatic carbocycles. The van der Waals surface area contributed by atoms with Gasteiger partial charge in [-0.3, -0.25) is 4.79 Å². The molecule has 3 aromatic carbocycles. The highest BCUT2D eigenvalue weighted by molar-refractivity contribution is 7.89. The molecule has 0 spiro atoms. The number of benzene rings is 3. The van der Waals surface area contributed by atoms with E-state index in [0.717, 1.165) is 52.8 Å². The zero-order chi connectivity index (χ0) is 33.1. The lowest BCUT2D eigenvalue weighted by atomic mass is 9.99. The summed E-state index contributed by atoms with van der Waals surface area (Å²) in [4.78, 5) is 27.6. The van der Waals surface area contributed by atoms with Crippen LogP contribution in [0.15, 0.2) is 71.6 Å². The number of nitrogens with zero attached hydrogens (tertiary/aromatic N) is 2. The first-order valence-electron chi connectivity index (χ1n) is 13.8. The summed E-state index contributed by atoms with van der Waals surface area (Å²) < 4.78 is 85.6. The number of carbonyl (C=O) groups excluding carboxylic acids is 2. The minimum absolute atomic E-state index is 0.0311. The molecule has 1 aliphatic heterocycles. The second kappa shape index (κ2) is 13.4. The highest BCUT2D eigenvalue weighted by Gasteiger charge is 2.35. The second-order valence-electron chi connectivity index (χ2n) is 10.7. The van der Waals surface area contributed by atoms with E-state index in [0.29, 0.717) is 0 Å². The van der Waals surface area contributed by atoms with Gasteiger partial charge in [-0.05, 0) is 73.7 Å². The number of rotatable bonds is 8. The van der Waals surface area contributed by atoms with E-state index >= 15 is 0 Å². The number of hydrogen-bond donors (Lipinski definition) is 3. The molecule has 15 heteroatoms. The largest absolute Gasteiger partial charge is 0.488 e. The number of alkyl halides is 3. The number of nitrogens with one attached hydrogen (secondary N) is 2. The zero-order valence-electron chi connectivity index (χ0n) is 24.5. The number of aliphatic hydroxyl groups is 1. The number of sulfonamides is 1. The Morgan fingerprint density at radius 2 is 1.67 bits per heavy atom. The number of carbonyl (C=O) groups is 2. The third-order valence-electron chi connectivity index (χ3n) is 7.35. The summed E-state index contributed by atoms with van der Waals surface area (Å²) in [6, 6.07) is 11.1. The molecule has 0 saturated heterocycles. The van der Waals surface area contributed by atoms with Gasteiger partial charge in [0.15, 0.2) is 0 Å². The predicted molar refractivity (Wildman–Crippen MR) is 158 cm³/mol.